The lowest BCUT2D eigenvalue weighted by molar-refractivity contribution is 0.0901. The van der Waals surface area contributed by atoms with E-state index in [1.807, 2.05) is 0 Å². The van der Waals surface area contributed by atoms with E-state index in [-0.39, 0.29) is 16.8 Å². The minimum absolute atomic E-state index is 0.0784. The largest absolute Gasteiger partial charge is 0.486 e. The van der Waals surface area contributed by atoms with E-state index >= 15 is 0 Å². The van der Waals surface area contributed by atoms with Crippen LogP contribution in [-0.2, 0) is 10.0 Å². The molecule has 5 atom stereocenters. The molecule has 2 bridgehead atoms. The van der Waals surface area contributed by atoms with Crippen molar-refractivity contribution in [3.8, 4) is 11.5 Å². The van der Waals surface area contributed by atoms with Gasteiger partial charge in [0.2, 0.25) is 0 Å². The summed E-state index contributed by atoms with van der Waals surface area (Å²) < 4.78 is 39.4. The Hall–Kier alpha value is -2.74. The van der Waals surface area contributed by atoms with Gasteiger partial charge in [-0.15, -0.1) is 0 Å². The molecule has 1 heterocycles. The molecule has 1 aliphatic heterocycles. The topological polar surface area (TPSA) is 93.7 Å². The molecule has 8 heteroatoms. The van der Waals surface area contributed by atoms with Crippen molar-refractivity contribution >= 4 is 21.6 Å². The van der Waals surface area contributed by atoms with Crippen LogP contribution in [-0.4, -0.2) is 33.6 Å². The number of carbonyl (C=O) groups excluding carboxylic acids is 1. The number of hydrogen-bond acceptors (Lipinski definition) is 5. The highest BCUT2D eigenvalue weighted by Gasteiger charge is 2.54. The summed E-state index contributed by atoms with van der Waals surface area (Å²) in [6, 6.07) is 11.4. The summed E-state index contributed by atoms with van der Waals surface area (Å²) in [5.74, 6) is 3.82. The number of sulfonamides is 1. The van der Waals surface area contributed by atoms with Crippen molar-refractivity contribution in [1.29, 1.82) is 0 Å². The van der Waals surface area contributed by atoms with Crippen molar-refractivity contribution in [2.24, 2.45) is 23.7 Å². The van der Waals surface area contributed by atoms with Crippen molar-refractivity contribution in [3.05, 3.63) is 48.0 Å². The normalized spacial score (nSPS) is 29.5. The lowest BCUT2D eigenvalue weighted by Gasteiger charge is -2.32. The van der Waals surface area contributed by atoms with Crippen LogP contribution < -0.4 is 19.5 Å². The zero-order chi connectivity index (χ0) is 22.6. The highest BCUT2D eigenvalue weighted by atomic mass is 32.2. The van der Waals surface area contributed by atoms with E-state index < -0.39 is 10.0 Å². The molecule has 33 heavy (non-hydrogen) atoms. The maximum Gasteiger partial charge on any atom is 0.262 e. The number of ether oxygens (including phenoxy) is 2. The van der Waals surface area contributed by atoms with E-state index in [1.165, 1.54) is 37.8 Å². The van der Waals surface area contributed by atoms with Gasteiger partial charge in [0, 0.05) is 23.4 Å². The summed E-state index contributed by atoms with van der Waals surface area (Å²) in [6.07, 6.45) is 6.31. The van der Waals surface area contributed by atoms with E-state index in [4.69, 9.17) is 9.47 Å². The average molecular weight is 469 g/mol. The van der Waals surface area contributed by atoms with Crippen LogP contribution in [0.2, 0.25) is 0 Å². The smallest absolute Gasteiger partial charge is 0.262 e. The lowest BCUT2D eigenvalue weighted by atomic mass is 9.79. The third kappa shape index (κ3) is 3.74. The van der Waals surface area contributed by atoms with Gasteiger partial charge in [0.1, 0.15) is 13.2 Å². The quantitative estimate of drug-likeness (QED) is 0.696. The van der Waals surface area contributed by atoms with Crippen LogP contribution in [0.3, 0.4) is 0 Å². The Morgan fingerprint density at radius 1 is 0.909 bits per heavy atom. The zero-order valence-electron chi connectivity index (χ0n) is 18.3. The molecule has 2 N–H and O–H groups in total. The molecule has 3 aliphatic carbocycles. The first-order valence-corrected chi connectivity index (χ1v) is 13.3. The number of benzene rings is 2. The first kappa shape index (κ1) is 20.8. The van der Waals surface area contributed by atoms with Gasteiger partial charge in [0.05, 0.1) is 4.90 Å². The van der Waals surface area contributed by atoms with E-state index in [9.17, 15) is 13.2 Å². The Bertz CT molecular complexity index is 1200. The van der Waals surface area contributed by atoms with Crippen LogP contribution in [0.4, 0.5) is 5.69 Å². The predicted octanol–water partition coefficient (Wildman–Crippen LogP) is 3.81. The molecule has 0 unspecified atom stereocenters. The number of anilines is 1. The molecule has 0 aromatic heterocycles. The zero-order valence-corrected chi connectivity index (χ0v) is 19.1. The summed E-state index contributed by atoms with van der Waals surface area (Å²) in [5, 5.41) is 3.25. The number of carbonyl (C=O) groups is 1. The number of rotatable bonds is 5. The summed E-state index contributed by atoms with van der Waals surface area (Å²) in [7, 11) is -3.85. The maximum atomic E-state index is 13.0. The Labute approximate surface area is 193 Å². The van der Waals surface area contributed by atoms with Crippen LogP contribution in [0.15, 0.2) is 47.4 Å². The van der Waals surface area contributed by atoms with Gasteiger partial charge in [-0.3, -0.25) is 9.52 Å². The fourth-order valence-electron chi connectivity index (χ4n) is 6.61. The second-order valence-electron chi connectivity index (χ2n) is 9.73. The molecular formula is C25H28N2O5S. The second kappa shape index (κ2) is 7.94. The molecule has 3 fully saturated rings. The van der Waals surface area contributed by atoms with E-state index in [0.29, 0.717) is 41.9 Å². The Balaban J connectivity index is 1.16. The molecule has 7 nitrogen and oxygen atoms in total. The minimum Gasteiger partial charge on any atom is -0.486 e. The van der Waals surface area contributed by atoms with Gasteiger partial charge in [-0.05, 0) is 79.7 Å². The highest BCUT2D eigenvalue weighted by Crippen LogP contribution is 2.58. The Kier molecular flexibility index (Phi) is 5.01. The van der Waals surface area contributed by atoms with Gasteiger partial charge in [0.25, 0.3) is 15.9 Å². The van der Waals surface area contributed by atoms with Crippen molar-refractivity contribution in [2.75, 3.05) is 17.9 Å². The van der Waals surface area contributed by atoms with Gasteiger partial charge < -0.3 is 14.8 Å². The Morgan fingerprint density at radius 2 is 1.73 bits per heavy atom. The number of nitrogens with one attached hydrogen (secondary N) is 2. The maximum absolute atomic E-state index is 13.0. The van der Waals surface area contributed by atoms with Crippen molar-refractivity contribution in [1.82, 2.24) is 5.32 Å². The highest BCUT2D eigenvalue weighted by molar-refractivity contribution is 7.92. The molecule has 3 saturated carbocycles. The third-order valence-corrected chi connectivity index (χ3v) is 9.33. The molecule has 0 radical (unpaired) electrons. The van der Waals surface area contributed by atoms with E-state index in [2.05, 4.69) is 10.0 Å². The number of hydrogen-bond donors (Lipinski definition) is 2. The fraction of sp³-hybridized carbons (Fsp3) is 0.480. The number of fused-ring (bicyclic) bond motifs is 6. The molecule has 2 aromatic rings. The van der Waals surface area contributed by atoms with Gasteiger partial charge in [-0.25, -0.2) is 8.42 Å². The van der Waals surface area contributed by atoms with Crippen LogP contribution in [0.25, 0.3) is 0 Å². The lowest BCUT2D eigenvalue weighted by Crippen LogP contribution is -2.42. The molecule has 0 spiro atoms. The molecular weight excluding hydrogens is 440 g/mol. The average Bonchev–Trinajstić information content (AvgIpc) is 3.53. The van der Waals surface area contributed by atoms with Crippen molar-refractivity contribution < 1.29 is 22.7 Å². The van der Waals surface area contributed by atoms with E-state index in [1.54, 1.807) is 30.3 Å². The second-order valence-corrected chi connectivity index (χ2v) is 11.4. The van der Waals surface area contributed by atoms with Crippen molar-refractivity contribution in [3.63, 3.8) is 0 Å². The molecule has 6 rings (SSSR count). The van der Waals surface area contributed by atoms with Crippen LogP contribution in [0, 0.1) is 23.7 Å². The standard InChI is InChI=1S/C25H28N2O5S/c28-25(26-22-13-16-12-21(22)20-6-2-5-19(16)20)15-3-1-4-17(11-15)27-33(29,30)18-7-8-23-24(14-18)32-10-9-31-23/h1,3-4,7-8,11,14,16,19-22,27H,2,5-6,9-10,12-13H2,(H,26,28)/t16-,19-,20-,21+,22-/m1/s1. The molecule has 174 valence electrons. The van der Waals surface area contributed by atoms with Crippen molar-refractivity contribution in [2.45, 2.75) is 43.0 Å². The molecule has 4 aliphatic rings. The van der Waals surface area contributed by atoms with Crippen LogP contribution in [0.1, 0.15) is 42.5 Å². The van der Waals surface area contributed by atoms with Gasteiger partial charge in [0.15, 0.2) is 11.5 Å². The third-order valence-electron chi connectivity index (χ3n) is 7.95. The van der Waals surface area contributed by atoms with Gasteiger partial charge in [-0.1, -0.05) is 12.5 Å². The minimum atomic E-state index is -3.85. The first-order chi connectivity index (χ1) is 16.0. The monoisotopic (exact) mass is 468 g/mol. The summed E-state index contributed by atoms with van der Waals surface area (Å²) in [6.45, 7) is 0.820. The predicted molar refractivity (Wildman–Crippen MR) is 123 cm³/mol. The SMILES string of the molecule is O=C(N[C@@H]1C[C@H]2C[C@H]1[C@@H]1CCC[C@H]21)c1cccc(NS(=O)(=O)c2ccc3c(c2)OCCO3)c1. The fourth-order valence-corrected chi connectivity index (χ4v) is 7.68. The molecule has 2 aromatic carbocycles. The van der Waals surface area contributed by atoms with E-state index in [0.717, 1.165) is 24.2 Å². The van der Waals surface area contributed by atoms with Crippen LogP contribution >= 0.6 is 0 Å². The number of amides is 1. The molecule has 1 amide bonds. The van der Waals surface area contributed by atoms with Gasteiger partial charge in [-0.2, -0.15) is 0 Å². The van der Waals surface area contributed by atoms with Gasteiger partial charge >= 0.3 is 0 Å². The summed E-state index contributed by atoms with van der Waals surface area (Å²) in [4.78, 5) is 13.1. The van der Waals surface area contributed by atoms with Crippen LogP contribution in [0.5, 0.6) is 11.5 Å². The summed E-state index contributed by atoms with van der Waals surface area (Å²) >= 11 is 0. The Morgan fingerprint density at radius 3 is 2.61 bits per heavy atom. The first-order valence-electron chi connectivity index (χ1n) is 11.8. The summed E-state index contributed by atoms with van der Waals surface area (Å²) in [5.41, 5.74) is 0.810. The molecule has 0 saturated heterocycles.